The third kappa shape index (κ3) is 9.19. The molecule has 0 unspecified atom stereocenters. The summed E-state index contributed by atoms with van der Waals surface area (Å²) in [6, 6.07) is 105. The SMILES string of the molecule is COc1cccc(-c2cccc(-c3ccc4c5cc(N(c6ccc7c(c6)c6ccccc6n7-c6ccccc6)c6cc(-c7ccncc7)ccn6)cc6oc7c(-c8nc9ccccc9c9ccccc89)ccc(c8cc(-c9ccnc(-c%10cccc%11cc%12ccccc%12cc%10%11)n9)cc9oc3c4c98)c7c65)n2)c1. The molecule has 0 aliphatic heterocycles. The minimum absolute atomic E-state index is 0.618. The van der Waals surface area contributed by atoms with Crippen molar-refractivity contribution in [3.63, 3.8) is 0 Å². The van der Waals surface area contributed by atoms with Gasteiger partial charge in [0.15, 0.2) is 5.82 Å². The molecule has 0 spiro atoms. The van der Waals surface area contributed by atoms with Gasteiger partial charge in [0.1, 0.15) is 33.9 Å². The zero-order valence-electron chi connectivity index (χ0n) is 56.9. The fraction of sp³-hybridized carbons (Fsp3) is 0.0105. The van der Waals surface area contributed by atoms with E-state index in [1.165, 1.54) is 5.39 Å². The Kier molecular flexibility index (Phi) is 13.0. The summed E-state index contributed by atoms with van der Waals surface area (Å²) in [5, 5.41) is 17.5. The van der Waals surface area contributed by atoms with Gasteiger partial charge in [-0.1, -0.05) is 152 Å². The number of nitrogens with zero attached hydrogens (tertiary/aromatic N) is 8. The van der Waals surface area contributed by atoms with Gasteiger partial charge in [-0.2, -0.15) is 0 Å². The van der Waals surface area contributed by atoms with Crippen LogP contribution in [0, 0.1) is 0 Å². The maximum Gasteiger partial charge on any atom is 0.160 e. The smallest absolute Gasteiger partial charge is 0.160 e. The molecule has 0 radical (unpaired) electrons. The molecule has 11 heteroatoms. The van der Waals surface area contributed by atoms with Gasteiger partial charge >= 0.3 is 0 Å². The van der Waals surface area contributed by atoms with E-state index in [1.807, 2.05) is 67.3 Å². The van der Waals surface area contributed by atoms with Gasteiger partial charge in [-0.3, -0.25) is 9.88 Å². The van der Waals surface area contributed by atoms with Crippen LogP contribution in [0.15, 0.2) is 331 Å². The average Bonchev–Trinajstić information content (AvgIpc) is 1.52. The van der Waals surface area contributed by atoms with Crippen LogP contribution in [0.25, 0.3) is 204 Å². The Morgan fingerprint density at radius 1 is 0.340 bits per heavy atom. The van der Waals surface area contributed by atoms with E-state index in [2.05, 4.69) is 269 Å². The number of anilines is 3. The summed E-state index contributed by atoms with van der Waals surface area (Å²) < 4.78 is 23.6. The standard InChI is InChI=1S/C95H56N8O3/c1-104-65-22-13-19-60(47-65)79-29-15-30-82(99-79)73-35-33-70-78-53-64(102(87-51-58(40-44-97-87)55-38-42-96-43-39-55)63-32-37-84-76(52-63)68-25-10-12-31-83(68)103(84)62-20-3-2-4-21-62)54-86-89(78)91-69(34-36-74(94(91)106-86)92-71-26-8-7-23-66(71)67-24-9-11-28-81(67)100-92)77-49-61(50-85-88(77)90(70)93(73)105-85)80-41-45-98-95(101-80)72-27-14-18-59-46-56-16-5-6-17-57(56)48-75(59)72/h2-54H,1H3. The van der Waals surface area contributed by atoms with Gasteiger partial charge in [0, 0.05) is 113 Å². The predicted octanol–water partition coefficient (Wildman–Crippen LogP) is 24.8. The Balaban J connectivity index is 0.864. The van der Waals surface area contributed by atoms with E-state index in [4.69, 9.17) is 38.5 Å². The molecule has 0 aliphatic rings. The average molecular weight is 1360 g/mol. The van der Waals surface area contributed by atoms with E-state index < -0.39 is 0 Å². The van der Waals surface area contributed by atoms with Gasteiger partial charge in [-0.05, 0) is 199 Å². The summed E-state index contributed by atoms with van der Waals surface area (Å²) in [6.45, 7) is 0. The number of benzene rings is 13. The van der Waals surface area contributed by atoms with Gasteiger partial charge in [0.05, 0.1) is 52.1 Å². The molecule has 0 fully saturated rings. The van der Waals surface area contributed by atoms with Gasteiger partial charge in [0.2, 0.25) is 0 Å². The first-order chi connectivity index (χ1) is 52.5. The second kappa shape index (κ2) is 23.3. The van der Waals surface area contributed by atoms with Crippen LogP contribution in [0.5, 0.6) is 5.75 Å². The summed E-state index contributed by atoms with van der Waals surface area (Å²) in [7, 11) is 1.69. The van der Waals surface area contributed by atoms with E-state index in [1.54, 1.807) is 7.11 Å². The van der Waals surface area contributed by atoms with Crippen LogP contribution in [0.2, 0.25) is 0 Å². The van der Waals surface area contributed by atoms with Gasteiger partial charge in [-0.25, -0.2) is 24.9 Å². The zero-order chi connectivity index (χ0) is 69.7. The predicted molar refractivity (Wildman–Crippen MR) is 432 cm³/mol. The number of hydrogen-bond acceptors (Lipinski definition) is 10. The molecule has 0 saturated carbocycles. The fourth-order valence-electron chi connectivity index (χ4n) is 16.6. The molecule has 0 N–H and O–H groups in total. The second-order valence-corrected chi connectivity index (χ2v) is 27.2. The molecule has 0 saturated heterocycles. The lowest BCUT2D eigenvalue weighted by molar-refractivity contribution is 0.415. The molecule has 0 atom stereocenters. The quantitative estimate of drug-likeness (QED) is 0.0914. The van der Waals surface area contributed by atoms with Crippen molar-refractivity contribution < 1.29 is 13.6 Å². The summed E-state index contributed by atoms with van der Waals surface area (Å²) in [4.78, 5) is 33.6. The van der Waals surface area contributed by atoms with Gasteiger partial charge < -0.3 is 18.1 Å². The molecule has 8 heterocycles. The first-order valence-corrected chi connectivity index (χ1v) is 35.5. The van der Waals surface area contributed by atoms with Crippen LogP contribution in [0.4, 0.5) is 17.2 Å². The fourth-order valence-corrected chi connectivity index (χ4v) is 16.6. The van der Waals surface area contributed by atoms with Crippen molar-refractivity contribution in [1.29, 1.82) is 0 Å². The lowest BCUT2D eigenvalue weighted by Gasteiger charge is -2.25. The molecule has 0 bridgehead atoms. The first-order valence-electron chi connectivity index (χ1n) is 35.5. The van der Waals surface area contributed by atoms with Crippen molar-refractivity contribution in [3.8, 4) is 79.0 Å². The molecule has 22 rings (SSSR count). The van der Waals surface area contributed by atoms with Gasteiger partial charge in [0.25, 0.3) is 0 Å². The Labute approximate surface area is 605 Å². The lowest BCUT2D eigenvalue weighted by Crippen LogP contribution is -2.11. The Hall–Kier alpha value is -14.4. The number of ether oxygens (including phenoxy) is 1. The Morgan fingerprint density at radius 2 is 1.00 bits per heavy atom. The van der Waals surface area contributed by atoms with Crippen LogP contribution < -0.4 is 9.64 Å². The third-order valence-electron chi connectivity index (χ3n) is 21.4. The highest BCUT2D eigenvalue weighted by molar-refractivity contribution is 6.38. The number of furan rings is 2. The van der Waals surface area contributed by atoms with E-state index >= 15 is 0 Å². The number of hydrogen-bond donors (Lipinski definition) is 0. The van der Waals surface area contributed by atoms with Crippen LogP contribution in [0.1, 0.15) is 0 Å². The van der Waals surface area contributed by atoms with Crippen molar-refractivity contribution in [2.24, 2.45) is 0 Å². The normalized spacial score (nSPS) is 12.0. The first kappa shape index (κ1) is 59.3. The highest BCUT2D eigenvalue weighted by atomic mass is 16.5. The van der Waals surface area contributed by atoms with E-state index in [-0.39, 0.29) is 0 Å². The summed E-state index contributed by atoms with van der Waals surface area (Å²) >= 11 is 0. The van der Waals surface area contributed by atoms with Crippen molar-refractivity contribution >= 4 is 148 Å². The monoisotopic (exact) mass is 1360 g/mol. The summed E-state index contributed by atoms with van der Waals surface area (Å²) in [5.74, 6) is 2.07. The lowest BCUT2D eigenvalue weighted by atomic mass is 9.90. The van der Waals surface area contributed by atoms with E-state index in [9.17, 15) is 0 Å². The molecule has 14 aromatic carbocycles. The topological polar surface area (TPSA) is 121 Å². The molecular formula is C95H56N8O3. The summed E-state index contributed by atoms with van der Waals surface area (Å²) in [6.07, 6.45) is 7.44. The minimum Gasteiger partial charge on any atom is -0.497 e. The summed E-state index contributed by atoms with van der Waals surface area (Å²) in [5.41, 5.74) is 18.1. The Bertz CT molecular complexity index is 7410. The second-order valence-electron chi connectivity index (χ2n) is 27.2. The number of fused-ring (bicyclic) bond motifs is 10. The molecule has 0 amide bonds. The molecule has 22 aromatic rings. The highest BCUT2D eigenvalue weighted by Gasteiger charge is 2.29. The van der Waals surface area contributed by atoms with Crippen LogP contribution in [0.3, 0.4) is 0 Å². The van der Waals surface area contributed by atoms with Gasteiger partial charge in [-0.15, -0.1) is 0 Å². The molecule has 8 aromatic heterocycles. The molecule has 106 heavy (non-hydrogen) atoms. The molecule has 0 aliphatic carbocycles. The number of pyridine rings is 4. The van der Waals surface area contributed by atoms with Crippen LogP contribution in [-0.4, -0.2) is 41.6 Å². The number of aromatic nitrogens is 7. The number of para-hydroxylation sites is 3. The van der Waals surface area contributed by atoms with Crippen molar-refractivity contribution in [1.82, 2.24) is 34.5 Å². The number of methoxy groups -OCH3 is 1. The van der Waals surface area contributed by atoms with Crippen LogP contribution in [-0.2, 0) is 0 Å². The van der Waals surface area contributed by atoms with Crippen LogP contribution >= 0.6 is 0 Å². The van der Waals surface area contributed by atoms with Crippen molar-refractivity contribution in [2.45, 2.75) is 0 Å². The molecule has 494 valence electrons. The van der Waals surface area contributed by atoms with E-state index in [0.717, 1.165) is 187 Å². The number of rotatable bonds is 11. The molecule has 11 nitrogen and oxygen atoms in total. The Morgan fingerprint density at radius 3 is 1.85 bits per heavy atom. The maximum atomic E-state index is 7.86. The zero-order valence-corrected chi connectivity index (χ0v) is 56.9. The minimum atomic E-state index is 0.618. The van der Waals surface area contributed by atoms with E-state index in [0.29, 0.717) is 34.0 Å². The van der Waals surface area contributed by atoms with Crippen molar-refractivity contribution in [2.75, 3.05) is 12.0 Å². The molecular weight excluding hydrogens is 1300 g/mol. The highest BCUT2D eigenvalue weighted by Crippen LogP contribution is 2.53. The third-order valence-corrected chi connectivity index (χ3v) is 21.4. The van der Waals surface area contributed by atoms with Crippen molar-refractivity contribution in [3.05, 3.63) is 322 Å². The largest absolute Gasteiger partial charge is 0.497 e. The maximum absolute atomic E-state index is 7.86.